The summed E-state index contributed by atoms with van der Waals surface area (Å²) in [5.74, 6) is 6.36. The molecule has 2 aliphatic rings. The van der Waals surface area contributed by atoms with Gasteiger partial charge in [-0.05, 0) is 65.2 Å². The largest absolute Gasteiger partial charge is 0.375 e. The van der Waals surface area contributed by atoms with Gasteiger partial charge >= 0.3 is 0 Å². The zero-order chi connectivity index (χ0) is 14.9. The second-order valence-corrected chi connectivity index (χ2v) is 7.57. The van der Waals surface area contributed by atoms with Gasteiger partial charge in [-0.2, -0.15) is 0 Å². The molecule has 0 amide bonds. The van der Waals surface area contributed by atoms with Crippen molar-refractivity contribution >= 4 is 27.5 Å². The lowest BCUT2D eigenvalue weighted by molar-refractivity contribution is -0.0982. The molecule has 1 heterocycles. The van der Waals surface area contributed by atoms with Crippen molar-refractivity contribution in [2.75, 3.05) is 6.61 Å². The SMILES string of the molecule is NNC(c1ccc(Br)c(Cl)c1)C1CCOC2(CCCC2)C1. The van der Waals surface area contributed by atoms with Gasteiger partial charge in [0.2, 0.25) is 0 Å². The van der Waals surface area contributed by atoms with E-state index in [0.29, 0.717) is 5.92 Å². The zero-order valence-corrected chi connectivity index (χ0v) is 14.4. The lowest BCUT2D eigenvalue weighted by Crippen LogP contribution is -2.43. The Morgan fingerprint density at radius 2 is 2.14 bits per heavy atom. The molecule has 0 aromatic heterocycles. The van der Waals surface area contributed by atoms with Gasteiger partial charge in [0.25, 0.3) is 0 Å². The lowest BCUT2D eigenvalue weighted by atomic mass is 9.79. The van der Waals surface area contributed by atoms with Crippen LogP contribution in [0, 0.1) is 5.92 Å². The molecule has 0 bridgehead atoms. The molecule has 1 aromatic rings. The molecular weight excluding hydrogens is 352 g/mol. The van der Waals surface area contributed by atoms with Crippen LogP contribution in [0.25, 0.3) is 0 Å². The molecule has 1 spiro atoms. The first-order chi connectivity index (χ1) is 10.1. The van der Waals surface area contributed by atoms with Crippen LogP contribution < -0.4 is 11.3 Å². The highest BCUT2D eigenvalue weighted by Crippen LogP contribution is 2.45. The normalized spacial score (nSPS) is 26.1. The van der Waals surface area contributed by atoms with E-state index in [1.165, 1.54) is 25.7 Å². The maximum absolute atomic E-state index is 6.23. The van der Waals surface area contributed by atoms with Gasteiger partial charge in [0.1, 0.15) is 0 Å². The molecule has 2 unspecified atom stereocenters. The topological polar surface area (TPSA) is 47.3 Å². The predicted molar refractivity (Wildman–Crippen MR) is 89.1 cm³/mol. The fraction of sp³-hybridized carbons (Fsp3) is 0.625. The molecule has 1 aromatic carbocycles. The van der Waals surface area contributed by atoms with Gasteiger partial charge in [-0.1, -0.05) is 30.5 Å². The Labute approximate surface area is 139 Å². The molecule has 1 aliphatic carbocycles. The molecule has 116 valence electrons. The van der Waals surface area contributed by atoms with Crippen molar-refractivity contribution in [1.82, 2.24) is 5.43 Å². The van der Waals surface area contributed by atoms with Gasteiger partial charge in [-0.3, -0.25) is 11.3 Å². The smallest absolute Gasteiger partial charge is 0.0686 e. The minimum Gasteiger partial charge on any atom is -0.375 e. The van der Waals surface area contributed by atoms with Gasteiger partial charge in [0.05, 0.1) is 10.6 Å². The Balaban J connectivity index is 1.80. The third-order valence-electron chi connectivity index (χ3n) is 5.00. The van der Waals surface area contributed by atoms with Gasteiger partial charge in [0, 0.05) is 17.1 Å². The number of hydrogen-bond donors (Lipinski definition) is 2. The second kappa shape index (κ2) is 6.55. The summed E-state index contributed by atoms with van der Waals surface area (Å²) < 4.78 is 7.05. The molecule has 0 radical (unpaired) electrons. The van der Waals surface area contributed by atoms with Crippen molar-refractivity contribution in [2.45, 2.75) is 50.2 Å². The van der Waals surface area contributed by atoms with Gasteiger partial charge in [0.15, 0.2) is 0 Å². The minimum atomic E-state index is 0.108. The van der Waals surface area contributed by atoms with Crippen LogP contribution in [0.4, 0.5) is 0 Å². The molecule has 21 heavy (non-hydrogen) atoms. The molecule has 1 saturated heterocycles. The van der Waals surface area contributed by atoms with Crippen molar-refractivity contribution in [2.24, 2.45) is 11.8 Å². The van der Waals surface area contributed by atoms with Crippen molar-refractivity contribution in [3.05, 3.63) is 33.3 Å². The maximum Gasteiger partial charge on any atom is 0.0686 e. The Morgan fingerprint density at radius 3 is 2.81 bits per heavy atom. The fourth-order valence-electron chi connectivity index (χ4n) is 3.93. The van der Waals surface area contributed by atoms with E-state index in [-0.39, 0.29) is 11.6 Å². The molecular formula is C16H22BrClN2O. The maximum atomic E-state index is 6.23. The van der Waals surface area contributed by atoms with Crippen molar-refractivity contribution < 1.29 is 4.74 Å². The van der Waals surface area contributed by atoms with E-state index in [9.17, 15) is 0 Å². The Morgan fingerprint density at radius 1 is 1.38 bits per heavy atom. The van der Waals surface area contributed by atoms with Crippen LogP contribution in [0.15, 0.2) is 22.7 Å². The van der Waals surface area contributed by atoms with Crippen LogP contribution in [0.5, 0.6) is 0 Å². The molecule has 3 rings (SSSR count). The Hall–Kier alpha value is -0.130. The summed E-state index contributed by atoms with van der Waals surface area (Å²) in [5, 5.41) is 0.732. The summed E-state index contributed by atoms with van der Waals surface area (Å²) in [7, 11) is 0. The van der Waals surface area contributed by atoms with E-state index in [0.717, 1.165) is 34.5 Å². The van der Waals surface area contributed by atoms with Crippen LogP contribution in [-0.4, -0.2) is 12.2 Å². The standard InChI is InChI=1S/C16H22BrClN2O/c17-13-4-3-11(9-14(13)18)15(20-19)12-5-8-21-16(10-12)6-1-2-7-16/h3-4,9,12,15,20H,1-2,5-8,10,19H2. The highest BCUT2D eigenvalue weighted by atomic mass is 79.9. The summed E-state index contributed by atoms with van der Waals surface area (Å²) in [5.41, 5.74) is 4.28. The number of rotatable bonds is 3. The average molecular weight is 374 g/mol. The first-order valence-corrected chi connectivity index (χ1v) is 8.86. The molecule has 1 aliphatic heterocycles. The number of nitrogens with one attached hydrogen (secondary N) is 1. The number of ether oxygens (including phenoxy) is 1. The summed E-state index contributed by atoms with van der Waals surface area (Å²) >= 11 is 9.68. The highest BCUT2D eigenvalue weighted by Gasteiger charge is 2.42. The monoisotopic (exact) mass is 372 g/mol. The van der Waals surface area contributed by atoms with Crippen molar-refractivity contribution in [3.63, 3.8) is 0 Å². The van der Waals surface area contributed by atoms with E-state index >= 15 is 0 Å². The quantitative estimate of drug-likeness (QED) is 0.612. The van der Waals surface area contributed by atoms with Crippen molar-refractivity contribution in [1.29, 1.82) is 0 Å². The fourth-order valence-corrected chi connectivity index (χ4v) is 4.36. The number of hydrazine groups is 1. The van der Waals surface area contributed by atoms with Gasteiger partial charge in [-0.25, -0.2) is 0 Å². The van der Waals surface area contributed by atoms with E-state index in [1.807, 2.05) is 12.1 Å². The van der Waals surface area contributed by atoms with E-state index in [4.69, 9.17) is 22.2 Å². The summed E-state index contributed by atoms with van der Waals surface area (Å²) in [4.78, 5) is 0. The molecule has 1 saturated carbocycles. The van der Waals surface area contributed by atoms with Gasteiger partial charge in [-0.15, -0.1) is 0 Å². The van der Waals surface area contributed by atoms with E-state index in [2.05, 4.69) is 27.4 Å². The highest BCUT2D eigenvalue weighted by molar-refractivity contribution is 9.10. The first kappa shape index (κ1) is 15.8. The number of halogens is 2. The molecule has 2 atom stereocenters. The predicted octanol–water partition coefficient (Wildman–Crippen LogP) is 4.35. The molecule has 3 N–H and O–H groups in total. The third kappa shape index (κ3) is 3.30. The van der Waals surface area contributed by atoms with E-state index in [1.54, 1.807) is 0 Å². The molecule has 5 heteroatoms. The Bertz CT molecular complexity index is 505. The van der Waals surface area contributed by atoms with Crippen LogP contribution in [0.1, 0.15) is 50.1 Å². The van der Waals surface area contributed by atoms with E-state index < -0.39 is 0 Å². The third-order valence-corrected chi connectivity index (χ3v) is 6.23. The Kier molecular flexibility index (Phi) is 4.91. The van der Waals surface area contributed by atoms with Gasteiger partial charge < -0.3 is 4.74 Å². The number of hydrogen-bond acceptors (Lipinski definition) is 3. The summed E-state index contributed by atoms with van der Waals surface area (Å²) in [6, 6.07) is 6.23. The average Bonchev–Trinajstić information content (AvgIpc) is 2.91. The van der Waals surface area contributed by atoms with Crippen LogP contribution >= 0.6 is 27.5 Å². The summed E-state index contributed by atoms with van der Waals surface area (Å²) in [6.45, 7) is 0.840. The number of nitrogens with two attached hydrogens (primary N) is 1. The van der Waals surface area contributed by atoms with Crippen LogP contribution in [-0.2, 0) is 4.74 Å². The van der Waals surface area contributed by atoms with Crippen LogP contribution in [0.3, 0.4) is 0 Å². The van der Waals surface area contributed by atoms with Crippen molar-refractivity contribution in [3.8, 4) is 0 Å². The zero-order valence-electron chi connectivity index (χ0n) is 12.1. The lowest BCUT2D eigenvalue weighted by Gasteiger charge is -2.41. The minimum absolute atomic E-state index is 0.108. The summed E-state index contributed by atoms with van der Waals surface area (Å²) in [6.07, 6.45) is 7.11. The van der Waals surface area contributed by atoms with Crippen LogP contribution in [0.2, 0.25) is 5.02 Å². The molecule has 2 fully saturated rings. The molecule has 3 nitrogen and oxygen atoms in total. The first-order valence-electron chi connectivity index (χ1n) is 7.69. The number of benzene rings is 1. The second-order valence-electron chi connectivity index (χ2n) is 6.31.